The van der Waals surface area contributed by atoms with Crippen LogP contribution in [0.5, 0.6) is 5.75 Å². The van der Waals surface area contributed by atoms with Crippen LogP contribution >= 0.6 is 27.5 Å². The van der Waals surface area contributed by atoms with Gasteiger partial charge in [-0.2, -0.15) is 0 Å². The molecular weight excluding hydrogens is 568 g/mol. The van der Waals surface area contributed by atoms with Crippen molar-refractivity contribution in [2.75, 3.05) is 19.8 Å². The summed E-state index contributed by atoms with van der Waals surface area (Å²) in [6, 6.07) is 22.6. The van der Waals surface area contributed by atoms with Crippen LogP contribution in [0.2, 0.25) is 5.02 Å². The van der Waals surface area contributed by atoms with Crippen molar-refractivity contribution in [3.8, 4) is 5.75 Å². The number of hydrogen-bond donors (Lipinski definition) is 2. The van der Waals surface area contributed by atoms with Crippen LogP contribution in [0.3, 0.4) is 0 Å². The lowest BCUT2D eigenvalue weighted by Crippen LogP contribution is -2.48. The molecule has 8 heteroatoms. The van der Waals surface area contributed by atoms with Gasteiger partial charge in [0.05, 0.1) is 6.61 Å². The highest BCUT2D eigenvalue weighted by atomic mass is 79.9. The highest BCUT2D eigenvalue weighted by Gasteiger charge is 2.52. The maximum absolute atomic E-state index is 13.8. The van der Waals surface area contributed by atoms with E-state index in [9.17, 15) is 4.79 Å². The molecule has 198 valence electrons. The summed E-state index contributed by atoms with van der Waals surface area (Å²) in [6.45, 7) is 4.82. The molecule has 0 aliphatic carbocycles. The fourth-order valence-corrected chi connectivity index (χ4v) is 4.83. The molecule has 1 amide bonds. The molecule has 0 radical (unpaired) electrons. The van der Waals surface area contributed by atoms with E-state index >= 15 is 0 Å². The summed E-state index contributed by atoms with van der Waals surface area (Å²) in [5.41, 5.74) is 1.29. The zero-order chi connectivity index (χ0) is 27.0. The second-order valence-corrected chi connectivity index (χ2v) is 10.3. The third-order valence-electron chi connectivity index (χ3n) is 6.30. The molecule has 3 aromatic rings. The summed E-state index contributed by atoms with van der Waals surface area (Å²) in [5.74, 6) is 0.819. The van der Waals surface area contributed by atoms with E-state index < -0.39 is 11.6 Å². The van der Waals surface area contributed by atoms with Crippen LogP contribution in [0.1, 0.15) is 35.6 Å². The van der Waals surface area contributed by atoms with E-state index in [0.29, 0.717) is 42.7 Å². The maximum atomic E-state index is 13.8. The van der Waals surface area contributed by atoms with Crippen LogP contribution in [0.25, 0.3) is 0 Å². The van der Waals surface area contributed by atoms with E-state index in [-0.39, 0.29) is 18.9 Å². The lowest BCUT2D eigenvalue weighted by molar-refractivity contribution is -0.128. The Kier molecular flexibility index (Phi) is 9.61. The molecule has 38 heavy (non-hydrogen) atoms. The van der Waals surface area contributed by atoms with E-state index in [4.69, 9.17) is 31.2 Å². The van der Waals surface area contributed by atoms with Crippen molar-refractivity contribution in [1.29, 1.82) is 0 Å². The number of halogens is 2. The van der Waals surface area contributed by atoms with Gasteiger partial charge in [0.2, 0.25) is 5.90 Å². The minimum Gasteiger partial charge on any atom is -0.494 e. The van der Waals surface area contributed by atoms with Gasteiger partial charge in [0, 0.05) is 41.1 Å². The lowest BCUT2D eigenvalue weighted by atomic mass is 9.84. The van der Waals surface area contributed by atoms with Crippen molar-refractivity contribution in [2.45, 2.75) is 30.9 Å². The summed E-state index contributed by atoms with van der Waals surface area (Å²) in [6.07, 6.45) is 2.49. The zero-order valence-corrected chi connectivity index (χ0v) is 23.2. The molecule has 0 bridgehead atoms. The Hall–Kier alpha value is -3.13. The number of hydrogen-bond acceptors (Lipinski definition) is 5. The van der Waals surface area contributed by atoms with E-state index in [2.05, 4.69) is 27.8 Å². The number of nitrogens with zero attached hydrogens (tertiary/aromatic N) is 1. The number of benzene rings is 3. The molecule has 6 nitrogen and oxygen atoms in total. The molecule has 0 fully saturated rings. The van der Waals surface area contributed by atoms with Gasteiger partial charge in [-0.15, -0.1) is 6.58 Å². The predicted octanol–water partition coefficient (Wildman–Crippen LogP) is 6.06. The first-order valence-corrected chi connectivity index (χ1v) is 13.6. The van der Waals surface area contributed by atoms with Gasteiger partial charge >= 0.3 is 0 Å². The van der Waals surface area contributed by atoms with E-state index in [1.165, 1.54) is 0 Å². The molecule has 0 saturated heterocycles. The zero-order valence-electron chi connectivity index (χ0n) is 20.9. The largest absolute Gasteiger partial charge is 0.494 e. The standard InChI is InChI=1S/C30H30BrClN2O4/c1-2-17-30(29(36)33-18-16-21-6-3-4-7-26(21)32)27(22-8-12-24(31)13-9-22)38-28(34-30)23-10-14-25(15-11-23)37-20-5-19-35/h2-4,6-15,27,35H,1,5,16-20H2,(H,33,36)/t27-,30-/m1/s1. The van der Waals surface area contributed by atoms with Gasteiger partial charge in [-0.3, -0.25) is 4.79 Å². The molecule has 0 unspecified atom stereocenters. The molecule has 0 spiro atoms. The first kappa shape index (κ1) is 27.9. The second kappa shape index (κ2) is 13.1. The molecule has 1 aliphatic rings. The van der Waals surface area contributed by atoms with Crippen molar-refractivity contribution in [1.82, 2.24) is 5.32 Å². The highest BCUT2D eigenvalue weighted by Crippen LogP contribution is 2.43. The average molecular weight is 598 g/mol. The summed E-state index contributed by atoms with van der Waals surface area (Å²) in [5, 5.41) is 12.7. The minimum absolute atomic E-state index is 0.0754. The van der Waals surface area contributed by atoms with Gasteiger partial charge in [-0.1, -0.05) is 63.9 Å². The summed E-state index contributed by atoms with van der Waals surface area (Å²) < 4.78 is 13.0. The van der Waals surface area contributed by atoms with Crippen molar-refractivity contribution in [3.05, 3.63) is 112 Å². The first-order valence-electron chi connectivity index (χ1n) is 12.5. The molecule has 0 saturated carbocycles. The third-order valence-corrected chi connectivity index (χ3v) is 7.19. The normalized spacial score (nSPS) is 18.4. The number of rotatable bonds is 12. The first-order chi connectivity index (χ1) is 18.5. The van der Waals surface area contributed by atoms with Crippen molar-refractivity contribution in [3.63, 3.8) is 0 Å². The molecule has 1 heterocycles. The van der Waals surface area contributed by atoms with E-state index in [1.807, 2.05) is 72.8 Å². The van der Waals surface area contributed by atoms with Gasteiger partial charge in [0.15, 0.2) is 11.6 Å². The van der Waals surface area contributed by atoms with Gasteiger partial charge in [0.25, 0.3) is 5.91 Å². The van der Waals surface area contributed by atoms with Crippen LogP contribution in [0.4, 0.5) is 0 Å². The molecule has 1 aliphatic heterocycles. The Morgan fingerprint density at radius 1 is 1.16 bits per heavy atom. The monoisotopic (exact) mass is 596 g/mol. The smallest absolute Gasteiger partial charge is 0.252 e. The second-order valence-electron chi connectivity index (χ2n) is 8.93. The molecular formula is C30H30BrClN2O4. The van der Waals surface area contributed by atoms with Gasteiger partial charge in [0.1, 0.15) is 5.75 Å². The van der Waals surface area contributed by atoms with Crippen molar-refractivity contribution >= 4 is 39.3 Å². The number of aliphatic hydroxyl groups is 1. The summed E-state index contributed by atoms with van der Waals surface area (Å²) >= 11 is 9.78. The number of aliphatic imine (C=N–C) groups is 1. The number of nitrogens with one attached hydrogen (secondary N) is 1. The Bertz CT molecular complexity index is 1280. The molecule has 3 aromatic carbocycles. The van der Waals surface area contributed by atoms with Crippen molar-refractivity contribution < 1.29 is 19.4 Å². The van der Waals surface area contributed by atoms with Crippen LogP contribution in [-0.2, 0) is 16.0 Å². The molecule has 2 N–H and O–H groups in total. The third kappa shape index (κ3) is 6.46. The number of aliphatic hydroxyl groups excluding tert-OH is 1. The average Bonchev–Trinajstić information content (AvgIpc) is 3.31. The van der Waals surface area contributed by atoms with Gasteiger partial charge in [-0.25, -0.2) is 4.99 Å². The Morgan fingerprint density at radius 2 is 1.89 bits per heavy atom. The maximum Gasteiger partial charge on any atom is 0.252 e. The topological polar surface area (TPSA) is 80.2 Å². The Labute approximate surface area is 236 Å². The van der Waals surface area contributed by atoms with Crippen LogP contribution in [0.15, 0.2) is 94.9 Å². The van der Waals surface area contributed by atoms with E-state index in [1.54, 1.807) is 6.08 Å². The van der Waals surface area contributed by atoms with E-state index in [0.717, 1.165) is 21.2 Å². The molecule has 2 atom stereocenters. The Morgan fingerprint density at radius 3 is 2.58 bits per heavy atom. The highest BCUT2D eigenvalue weighted by molar-refractivity contribution is 9.10. The molecule has 4 rings (SSSR count). The van der Waals surface area contributed by atoms with Gasteiger partial charge in [-0.05, 0) is 60.0 Å². The number of carbonyl (C=O) groups excluding carboxylic acids is 1. The van der Waals surface area contributed by atoms with Crippen LogP contribution in [0, 0.1) is 0 Å². The van der Waals surface area contributed by atoms with Crippen LogP contribution in [-0.4, -0.2) is 42.2 Å². The fourth-order valence-electron chi connectivity index (χ4n) is 4.34. The fraction of sp³-hybridized carbons (Fsp3) is 0.267. The Balaban J connectivity index is 1.62. The predicted molar refractivity (Wildman–Crippen MR) is 154 cm³/mol. The minimum atomic E-state index is -1.23. The number of ether oxygens (including phenoxy) is 2. The number of amides is 1. The lowest BCUT2D eigenvalue weighted by Gasteiger charge is -2.29. The number of carbonyl (C=O) groups is 1. The summed E-state index contributed by atoms with van der Waals surface area (Å²) in [7, 11) is 0. The summed E-state index contributed by atoms with van der Waals surface area (Å²) in [4.78, 5) is 18.7. The molecule has 0 aromatic heterocycles. The quantitative estimate of drug-likeness (QED) is 0.197. The van der Waals surface area contributed by atoms with Crippen LogP contribution < -0.4 is 10.1 Å². The van der Waals surface area contributed by atoms with Crippen molar-refractivity contribution in [2.24, 2.45) is 4.99 Å². The van der Waals surface area contributed by atoms with Gasteiger partial charge < -0.3 is 19.9 Å². The SMILES string of the molecule is C=CC[C@@]1(C(=O)NCCc2ccccc2Cl)N=C(c2ccc(OCCCO)cc2)O[C@@H]1c1ccc(Br)cc1.